The number of hydrogen-bond acceptors (Lipinski definition) is 4. The van der Waals surface area contributed by atoms with E-state index in [0.29, 0.717) is 12.4 Å². The molecule has 0 aliphatic heterocycles. The molecular formula is C14H20N2O3. The monoisotopic (exact) mass is 264 g/mol. The average molecular weight is 264 g/mol. The normalized spacial score (nSPS) is 18.8. The second-order valence-corrected chi connectivity index (χ2v) is 4.91. The first kappa shape index (κ1) is 13.9. The van der Waals surface area contributed by atoms with Crippen LogP contribution in [0.3, 0.4) is 0 Å². The smallest absolute Gasteiger partial charge is 0.354 e. The Bertz CT molecular complexity index is 440. The largest absolute Gasteiger partial charge is 0.477 e. The van der Waals surface area contributed by atoms with Crippen molar-refractivity contribution in [2.75, 3.05) is 6.61 Å². The molecule has 0 bridgehead atoms. The third kappa shape index (κ3) is 3.10. The minimum absolute atomic E-state index is 0.0355. The van der Waals surface area contributed by atoms with Gasteiger partial charge in [-0.2, -0.15) is 0 Å². The fourth-order valence-electron chi connectivity index (χ4n) is 2.71. The molecule has 1 fully saturated rings. The first-order valence-electron chi connectivity index (χ1n) is 6.89. The van der Waals surface area contributed by atoms with Gasteiger partial charge in [0.15, 0.2) is 11.5 Å². The van der Waals surface area contributed by atoms with E-state index in [4.69, 9.17) is 9.84 Å². The predicted octanol–water partition coefficient (Wildman–Crippen LogP) is 2.76. The van der Waals surface area contributed by atoms with Crippen LogP contribution in [0, 0.1) is 0 Å². The minimum Gasteiger partial charge on any atom is -0.477 e. The molecule has 5 heteroatoms. The Morgan fingerprint density at radius 2 is 2.05 bits per heavy atom. The molecule has 0 amide bonds. The van der Waals surface area contributed by atoms with Crippen LogP contribution in [-0.2, 0) is 10.3 Å². The summed E-state index contributed by atoms with van der Waals surface area (Å²) in [5.74, 6) is -0.500. The standard InChI is InChI=1S/C14H20N2O3/c1-2-19-14(8-5-3-4-6-9-14)13-15-10-7-11(16-13)12(17)18/h7,10H,2-6,8-9H2,1H3,(H,17,18). The van der Waals surface area contributed by atoms with E-state index >= 15 is 0 Å². The fourth-order valence-corrected chi connectivity index (χ4v) is 2.71. The Labute approximate surface area is 113 Å². The van der Waals surface area contributed by atoms with Crippen molar-refractivity contribution in [3.63, 3.8) is 0 Å². The molecule has 1 N–H and O–H groups in total. The number of carboxylic acids is 1. The van der Waals surface area contributed by atoms with Gasteiger partial charge < -0.3 is 9.84 Å². The lowest BCUT2D eigenvalue weighted by Gasteiger charge is -2.31. The maximum absolute atomic E-state index is 11.0. The number of ether oxygens (including phenoxy) is 1. The summed E-state index contributed by atoms with van der Waals surface area (Å²) in [4.78, 5) is 19.5. The van der Waals surface area contributed by atoms with Gasteiger partial charge in [-0.1, -0.05) is 25.7 Å². The van der Waals surface area contributed by atoms with Gasteiger partial charge in [0, 0.05) is 12.8 Å². The van der Waals surface area contributed by atoms with Crippen molar-refractivity contribution < 1.29 is 14.6 Å². The summed E-state index contributed by atoms with van der Waals surface area (Å²) >= 11 is 0. The van der Waals surface area contributed by atoms with Crippen LogP contribution < -0.4 is 0 Å². The van der Waals surface area contributed by atoms with Crippen molar-refractivity contribution in [2.24, 2.45) is 0 Å². The molecule has 0 atom stereocenters. The summed E-state index contributed by atoms with van der Waals surface area (Å²) in [6.07, 6.45) is 7.76. The molecule has 19 heavy (non-hydrogen) atoms. The van der Waals surface area contributed by atoms with Gasteiger partial charge in [0.25, 0.3) is 0 Å². The molecule has 1 saturated carbocycles. The molecule has 0 saturated heterocycles. The highest BCUT2D eigenvalue weighted by molar-refractivity contribution is 5.85. The van der Waals surface area contributed by atoms with E-state index in [0.717, 1.165) is 25.7 Å². The summed E-state index contributed by atoms with van der Waals surface area (Å²) in [6.45, 7) is 2.54. The van der Waals surface area contributed by atoms with Crippen LogP contribution in [0.25, 0.3) is 0 Å². The predicted molar refractivity (Wildman–Crippen MR) is 70.0 cm³/mol. The van der Waals surface area contributed by atoms with Gasteiger partial charge in [-0.3, -0.25) is 0 Å². The third-order valence-electron chi connectivity index (χ3n) is 3.61. The van der Waals surface area contributed by atoms with E-state index in [1.807, 2.05) is 6.92 Å². The molecule has 2 rings (SSSR count). The summed E-state index contributed by atoms with van der Waals surface area (Å²) in [5, 5.41) is 9.05. The van der Waals surface area contributed by atoms with E-state index in [9.17, 15) is 4.79 Å². The van der Waals surface area contributed by atoms with Gasteiger partial charge in [0.2, 0.25) is 0 Å². The molecule has 1 aromatic heterocycles. The molecule has 1 aromatic rings. The van der Waals surface area contributed by atoms with E-state index in [1.165, 1.54) is 25.1 Å². The highest BCUT2D eigenvalue weighted by atomic mass is 16.5. The van der Waals surface area contributed by atoms with Gasteiger partial charge >= 0.3 is 5.97 Å². The van der Waals surface area contributed by atoms with E-state index in [2.05, 4.69) is 9.97 Å². The first-order valence-corrected chi connectivity index (χ1v) is 6.89. The lowest BCUT2D eigenvalue weighted by atomic mass is 9.93. The fraction of sp³-hybridized carbons (Fsp3) is 0.643. The van der Waals surface area contributed by atoms with E-state index in [1.54, 1.807) is 0 Å². The lowest BCUT2D eigenvalue weighted by molar-refractivity contribution is -0.0625. The number of carbonyl (C=O) groups is 1. The van der Waals surface area contributed by atoms with E-state index < -0.39 is 11.6 Å². The molecular weight excluding hydrogens is 244 g/mol. The van der Waals surface area contributed by atoms with Crippen LogP contribution in [0.1, 0.15) is 61.8 Å². The number of nitrogens with zero attached hydrogens (tertiary/aromatic N) is 2. The first-order chi connectivity index (χ1) is 9.18. The van der Waals surface area contributed by atoms with Gasteiger partial charge in [-0.05, 0) is 25.8 Å². The zero-order valence-electron chi connectivity index (χ0n) is 11.3. The zero-order chi connectivity index (χ0) is 13.7. The molecule has 1 aliphatic carbocycles. The Morgan fingerprint density at radius 1 is 1.37 bits per heavy atom. The Kier molecular flexibility index (Phi) is 4.47. The van der Waals surface area contributed by atoms with Crippen molar-refractivity contribution >= 4 is 5.97 Å². The molecule has 1 heterocycles. The molecule has 5 nitrogen and oxygen atoms in total. The Balaban J connectivity index is 2.36. The third-order valence-corrected chi connectivity index (χ3v) is 3.61. The molecule has 104 valence electrons. The highest BCUT2D eigenvalue weighted by Gasteiger charge is 2.36. The second kappa shape index (κ2) is 6.10. The average Bonchev–Trinajstić information content (AvgIpc) is 2.66. The Hall–Kier alpha value is -1.49. The zero-order valence-corrected chi connectivity index (χ0v) is 11.3. The molecule has 0 spiro atoms. The van der Waals surface area contributed by atoms with Crippen molar-refractivity contribution in [1.82, 2.24) is 9.97 Å². The van der Waals surface area contributed by atoms with Crippen LogP contribution in [0.5, 0.6) is 0 Å². The lowest BCUT2D eigenvalue weighted by Crippen LogP contribution is -2.32. The SMILES string of the molecule is CCOC1(c2nccc(C(=O)O)n2)CCCCCC1. The van der Waals surface area contributed by atoms with Gasteiger partial charge in [-0.15, -0.1) is 0 Å². The highest BCUT2D eigenvalue weighted by Crippen LogP contribution is 2.37. The van der Waals surface area contributed by atoms with Crippen molar-refractivity contribution in [2.45, 2.75) is 51.0 Å². The molecule has 0 unspecified atom stereocenters. The van der Waals surface area contributed by atoms with Crippen LogP contribution in [0.15, 0.2) is 12.3 Å². The molecule has 1 aliphatic rings. The van der Waals surface area contributed by atoms with Crippen molar-refractivity contribution in [1.29, 1.82) is 0 Å². The minimum atomic E-state index is -1.02. The topological polar surface area (TPSA) is 72.3 Å². The number of carboxylic acid groups (broad SMARTS) is 1. The second-order valence-electron chi connectivity index (χ2n) is 4.91. The number of aromatic carboxylic acids is 1. The number of rotatable bonds is 4. The van der Waals surface area contributed by atoms with Crippen molar-refractivity contribution in [3.05, 3.63) is 23.8 Å². The van der Waals surface area contributed by atoms with Gasteiger partial charge in [0.1, 0.15) is 5.60 Å². The van der Waals surface area contributed by atoms with Crippen LogP contribution in [0.4, 0.5) is 0 Å². The summed E-state index contributed by atoms with van der Waals surface area (Å²) in [7, 11) is 0. The number of aromatic nitrogens is 2. The summed E-state index contributed by atoms with van der Waals surface area (Å²) in [6, 6.07) is 1.42. The van der Waals surface area contributed by atoms with Crippen LogP contribution in [-0.4, -0.2) is 27.7 Å². The quantitative estimate of drug-likeness (QED) is 0.846. The van der Waals surface area contributed by atoms with Crippen molar-refractivity contribution in [3.8, 4) is 0 Å². The summed E-state index contributed by atoms with van der Waals surface area (Å²) in [5.41, 5.74) is -0.468. The van der Waals surface area contributed by atoms with Gasteiger partial charge in [0.05, 0.1) is 0 Å². The van der Waals surface area contributed by atoms with Crippen LogP contribution in [0.2, 0.25) is 0 Å². The maximum atomic E-state index is 11.0. The van der Waals surface area contributed by atoms with E-state index in [-0.39, 0.29) is 5.69 Å². The summed E-state index contributed by atoms with van der Waals surface area (Å²) < 4.78 is 5.95. The van der Waals surface area contributed by atoms with Crippen LogP contribution >= 0.6 is 0 Å². The molecule has 0 radical (unpaired) electrons. The molecule has 0 aromatic carbocycles. The maximum Gasteiger partial charge on any atom is 0.354 e. The number of hydrogen-bond donors (Lipinski definition) is 1. The van der Waals surface area contributed by atoms with Gasteiger partial charge in [-0.25, -0.2) is 14.8 Å². The Morgan fingerprint density at radius 3 is 2.63 bits per heavy atom.